The monoisotopic (exact) mass is 635 g/mol. The summed E-state index contributed by atoms with van der Waals surface area (Å²) in [7, 11) is -2.69. The smallest absolute Gasteiger partial charge is 0.330 e. The highest BCUT2D eigenvalue weighted by molar-refractivity contribution is 6.99. The maximum Gasteiger partial charge on any atom is 0.330 e. The number of aryl methyl sites for hydroxylation is 1. The number of nitrogens with zero attached hydrogens (tertiary/aromatic N) is 2. The van der Waals surface area contributed by atoms with Gasteiger partial charge in [-0.1, -0.05) is 102 Å². The maximum absolute atomic E-state index is 13.1. The van der Waals surface area contributed by atoms with Gasteiger partial charge >= 0.3 is 5.69 Å². The van der Waals surface area contributed by atoms with E-state index in [-0.39, 0.29) is 34.9 Å². The molecule has 5 atom stereocenters. The summed E-state index contributed by atoms with van der Waals surface area (Å²) in [5, 5.41) is 2.34. The molecule has 2 saturated heterocycles. The molecule has 2 aliphatic rings. The van der Waals surface area contributed by atoms with Crippen molar-refractivity contribution in [3.8, 4) is 0 Å². The lowest BCUT2D eigenvalue weighted by Crippen LogP contribution is -2.72. The third kappa shape index (κ3) is 5.54. The molecule has 2 fully saturated rings. The molecule has 0 aliphatic carbocycles. The van der Waals surface area contributed by atoms with Crippen molar-refractivity contribution in [3.63, 3.8) is 0 Å². The van der Waals surface area contributed by atoms with E-state index in [0.717, 1.165) is 18.1 Å². The van der Waals surface area contributed by atoms with Crippen LogP contribution in [0.1, 0.15) is 53.3 Å². The van der Waals surface area contributed by atoms with Crippen LogP contribution >= 0.6 is 0 Å². The largest absolute Gasteiger partial charge is 0.408 e. The molecular formula is C34H49N3O5Si2. The van der Waals surface area contributed by atoms with Gasteiger partial charge in [0.25, 0.3) is 13.9 Å². The van der Waals surface area contributed by atoms with Gasteiger partial charge < -0.3 is 13.6 Å². The van der Waals surface area contributed by atoms with Crippen molar-refractivity contribution in [2.24, 2.45) is 0 Å². The summed E-state index contributed by atoms with van der Waals surface area (Å²) in [6, 6.07) is 24.3. The Hall–Kier alpha value is -2.61. The average molecular weight is 636 g/mol. The van der Waals surface area contributed by atoms with E-state index in [1.807, 2.05) is 0 Å². The van der Waals surface area contributed by atoms with Crippen LogP contribution in [0.25, 0.3) is 0 Å². The summed E-state index contributed by atoms with van der Waals surface area (Å²) in [6.07, 6.45) is 0.478. The molecule has 238 valence electrons. The first-order valence-electron chi connectivity index (χ1n) is 16.0. The second kappa shape index (κ2) is 12.7. The van der Waals surface area contributed by atoms with E-state index in [0.29, 0.717) is 12.2 Å². The van der Waals surface area contributed by atoms with Crippen LogP contribution in [0.3, 0.4) is 0 Å². The van der Waals surface area contributed by atoms with Gasteiger partial charge in [0.2, 0.25) is 0 Å². The summed E-state index contributed by atoms with van der Waals surface area (Å²) in [6.45, 7) is 15.7. The molecular weight excluding hydrogens is 587 g/mol. The Morgan fingerprint density at radius 1 is 0.909 bits per heavy atom. The van der Waals surface area contributed by atoms with Crippen molar-refractivity contribution in [3.05, 3.63) is 93.3 Å². The topological polar surface area (TPSA) is 85.8 Å². The van der Waals surface area contributed by atoms with Gasteiger partial charge in [0, 0.05) is 11.8 Å². The van der Waals surface area contributed by atoms with Gasteiger partial charge in [-0.2, -0.15) is 0 Å². The lowest BCUT2D eigenvalue weighted by atomic mass is 9.88. The van der Waals surface area contributed by atoms with Gasteiger partial charge in [-0.05, 0) is 47.5 Å². The number of aromatic amines is 1. The Bertz CT molecular complexity index is 1490. The molecule has 0 bridgehead atoms. The summed E-state index contributed by atoms with van der Waals surface area (Å²) in [4.78, 5) is 30.2. The zero-order chi connectivity index (χ0) is 31.9. The molecule has 2 aliphatic heterocycles. The van der Waals surface area contributed by atoms with Crippen LogP contribution in [-0.2, 0) is 13.6 Å². The molecule has 0 saturated carbocycles. The zero-order valence-electron chi connectivity index (χ0n) is 27.5. The van der Waals surface area contributed by atoms with Crippen LogP contribution in [-0.4, -0.2) is 69.0 Å². The van der Waals surface area contributed by atoms with Gasteiger partial charge in [0.1, 0.15) is 6.10 Å². The van der Waals surface area contributed by atoms with Gasteiger partial charge in [-0.25, -0.2) is 4.79 Å². The first-order chi connectivity index (χ1) is 20.9. The fraction of sp³-hybridized carbons (Fsp3) is 0.529. The number of benzene rings is 2. The third-order valence-corrected chi connectivity index (χ3v) is 19.9. The lowest BCUT2D eigenvalue weighted by Gasteiger charge is -2.52. The number of likely N-dealkylation sites (N-methyl/N-ethyl adjacent to an activating group) is 1. The van der Waals surface area contributed by atoms with Crippen molar-refractivity contribution >= 4 is 27.0 Å². The summed E-state index contributed by atoms with van der Waals surface area (Å²) in [5.74, 6) is 0. The molecule has 1 aromatic heterocycles. The van der Waals surface area contributed by atoms with Crippen LogP contribution in [0, 0.1) is 6.92 Å². The van der Waals surface area contributed by atoms with Crippen molar-refractivity contribution in [1.29, 1.82) is 0 Å². The Kier molecular flexibility index (Phi) is 9.42. The number of hydrogen-bond donors (Lipinski definition) is 1. The number of ether oxygens (including phenoxy) is 1. The predicted molar refractivity (Wildman–Crippen MR) is 181 cm³/mol. The highest BCUT2D eigenvalue weighted by Crippen LogP contribution is 2.46. The van der Waals surface area contributed by atoms with Crippen molar-refractivity contribution in [2.45, 2.75) is 102 Å². The highest BCUT2D eigenvalue weighted by atomic mass is 28.4. The predicted octanol–water partition coefficient (Wildman–Crippen LogP) is 4.39. The van der Waals surface area contributed by atoms with Gasteiger partial charge in [0.05, 0.1) is 24.8 Å². The fourth-order valence-corrected chi connectivity index (χ4v) is 14.8. The summed E-state index contributed by atoms with van der Waals surface area (Å²) >= 11 is 0. The summed E-state index contributed by atoms with van der Waals surface area (Å²) in [5.41, 5.74) is -0.381. The number of likely N-dealkylation sites (tertiary alicyclic amines) is 1. The average Bonchev–Trinajstić information content (AvgIpc) is 3.34. The summed E-state index contributed by atoms with van der Waals surface area (Å²) < 4.78 is 22.8. The molecule has 3 aromatic rings. The van der Waals surface area contributed by atoms with Crippen molar-refractivity contribution in [2.75, 3.05) is 13.7 Å². The van der Waals surface area contributed by atoms with Crippen molar-refractivity contribution in [1.82, 2.24) is 14.5 Å². The molecule has 0 radical (unpaired) electrons. The van der Waals surface area contributed by atoms with E-state index < -0.39 is 28.6 Å². The first-order valence-corrected chi connectivity index (χ1v) is 20.5. The normalized spacial score (nSPS) is 24.2. The molecule has 44 heavy (non-hydrogen) atoms. The van der Waals surface area contributed by atoms with Crippen LogP contribution in [0.15, 0.2) is 76.4 Å². The van der Waals surface area contributed by atoms with E-state index in [9.17, 15) is 9.59 Å². The Balaban J connectivity index is 1.51. The Morgan fingerprint density at radius 2 is 1.45 bits per heavy atom. The fourth-order valence-electron chi connectivity index (χ4n) is 7.41. The Morgan fingerprint density at radius 3 is 1.95 bits per heavy atom. The van der Waals surface area contributed by atoms with Gasteiger partial charge in [-0.3, -0.25) is 19.2 Å². The molecule has 2 aromatic carbocycles. The van der Waals surface area contributed by atoms with Crippen LogP contribution in [0.2, 0.25) is 23.2 Å². The number of rotatable bonds is 11. The van der Waals surface area contributed by atoms with Crippen LogP contribution in [0.4, 0.5) is 0 Å². The number of fused-ring (bicyclic) bond motifs is 1. The SMILES string of the molecule is CC[Si](CC)(CC)OC1C2C(OC1n1cc(C)c(=O)[nH]c1=O)C(CO[Si](c1ccccc1)(c1ccccc1)C(C)(C)C)N2C. The molecule has 0 spiro atoms. The third-order valence-electron chi connectivity index (χ3n) is 10.2. The molecule has 5 rings (SSSR count). The molecule has 0 amide bonds. The van der Waals surface area contributed by atoms with Gasteiger partial charge in [0.15, 0.2) is 14.5 Å². The number of aromatic nitrogens is 2. The molecule has 3 heterocycles. The first kappa shape index (κ1) is 32.8. The molecule has 1 N–H and O–H groups in total. The number of hydrogen-bond acceptors (Lipinski definition) is 6. The minimum absolute atomic E-state index is 0.0155. The Labute approximate surface area is 263 Å². The van der Waals surface area contributed by atoms with E-state index in [2.05, 4.69) is 119 Å². The van der Waals surface area contributed by atoms with Crippen LogP contribution in [0.5, 0.6) is 0 Å². The van der Waals surface area contributed by atoms with Crippen LogP contribution < -0.4 is 21.6 Å². The second-order valence-electron chi connectivity index (χ2n) is 13.5. The number of nitrogens with one attached hydrogen (secondary N) is 1. The lowest BCUT2D eigenvalue weighted by molar-refractivity contribution is -0.123. The van der Waals surface area contributed by atoms with E-state index >= 15 is 0 Å². The minimum Gasteiger partial charge on any atom is -0.408 e. The zero-order valence-corrected chi connectivity index (χ0v) is 29.5. The molecule has 5 unspecified atom stereocenters. The molecule has 10 heteroatoms. The second-order valence-corrected chi connectivity index (χ2v) is 22.5. The minimum atomic E-state index is -2.75. The molecule has 8 nitrogen and oxygen atoms in total. The van der Waals surface area contributed by atoms with E-state index in [1.54, 1.807) is 13.1 Å². The van der Waals surface area contributed by atoms with E-state index in [4.69, 9.17) is 13.6 Å². The van der Waals surface area contributed by atoms with E-state index in [1.165, 1.54) is 14.9 Å². The quantitative estimate of drug-likeness (QED) is 0.315. The van der Waals surface area contributed by atoms with Gasteiger partial charge in [-0.15, -0.1) is 0 Å². The highest BCUT2D eigenvalue weighted by Gasteiger charge is 2.62. The maximum atomic E-state index is 13.1. The standard InChI is InChI=1S/C34H49N3O5Si2/c1-9-43(10-2,11-3)42-30-28-29(41-32(30)37-22-24(4)31(38)35-33(37)39)27(36(28)8)23-40-44(34(5,6)7,25-18-14-12-15-19-25)26-20-16-13-17-21-26/h12-22,27-30,32H,9-11,23H2,1-8H3,(H,35,38,39). The number of H-pyrrole nitrogens is 1. The van der Waals surface area contributed by atoms with Crippen molar-refractivity contribution < 1.29 is 13.6 Å².